The minimum atomic E-state index is -2.00. The van der Waals surface area contributed by atoms with Crippen LogP contribution in [-0.2, 0) is 19.7 Å². The molecule has 0 aliphatic heterocycles. The first-order chi connectivity index (χ1) is 10.9. The lowest BCUT2D eigenvalue weighted by Gasteiger charge is -2.46. The number of nitrogens with zero attached hydrogens (tertiary/aromatic N) is 1. The normalized spacial score (nSPS) is 21.3. The minimum absolute atomic E-state index is 0.0563. The van der Waals surface area contributed by atoms with Gasteiger partial charge in [0.15, 0.2) is 14.1 Å². The molecule has 3 rings (SSSR count). The Hall–Kier alpha value is -2.11. The SMILES string of the molecule is COC1=C(c2ccccc2)C(=O)C1(O[Si](C)(C)C)n1cccc1. The van der Waals surface area contributed by atoms with Crippen LogP contribution in [0.3, 0.4) is 0 Å². The maximum atomic E-state index is 13.2. The predicted octanol–water partition coefficient (Wildman–Crippen LogP) is 3.63. The van der Waals surface area contributed by atoms with Crippen molar-refractivity contribution in [2.24, 2.45) is 0 Å². The first-order valence-corrected chi connectivity index (χ1v) is 11.0. The summed E-state index contributed by atoms with van der Waals surface area (Å²) in [6.45, 7) is 6.21. The van der Waals surface area contributed by atoms with E-state index in [9.17, 15) is 4.79 Å². The van der Waals surface area contributed by atoms with Crippen LogP contribution < -0.4 is 0 Å². The second-order valence-electron chi connectivity index (χ2n) is 6.55. The van der Waals surface area contributed by atoms with Crippen LogP contribution in [0.5, 0.6) is 0 Å². The number of benzene rings is 1. The molecule has 0 spiro atoms. The molecule has 1 atom stereocenters. The van der Waals surface area contributed by atoms with E-state index in [1.54, 1.807) is 11.7 Å². The fourth-order valence-corrected chi connectivity index (χ4v) is 4.13. The number of hydrogen-bond donors (Lipinski definition) is 0. The number of carbonyl (C=O) groups is 1. The van der Waals surface area contributed by atoms with Crippen molar-refractivity contribution in [1.29, 1.82) is 0 Å². The second kappa shape index (κ2) is 5.51. The molecule has 0 bridgehead atoms. The number of Topliss-reactive ketones (excluding diaryl/α,β-unsaturated/α-hetero) is 1. The third kappa shape index (κ3) is 2.46. The van der Waals surface area contributed by atoms with Crippen molar-refractivity contribution in [2.75, 3.05) is 7.11 Å². The Morgan fingerprint density at radius 2 is 1.61 bits per heavy atom. The molecule has 5 heteroatoms. The molecule has 4 nitrogen and oxygen atoms in total. The van der Waals surface area contributed by atoms with Gasteiger partial charge in [-0.05, 0) is 37.3 Å². The monoisotopic (exact) mass is 327 g/mol. The van der Waals surface area contributed by atoms with E-state index >= 15 is 0 Å². The van der Waals surface area contributed by atoms with Gasteiger partial charge >= 0.3 is 0 Å². The standard InChI is InChI=1S/C18H21NO3Si/c1-21-17-15(14-10-6-5-7-11-14)16(20)18(17,22-23(2,3)4)19-12-8-9-13-19/h5-13H,1-4H3. The largest absolute Gasteiger partial charge is 0.495 e. The van der Waals surface area contributed by atoms with Crippen molar-refractivity contribution in [3.05, 3.63) is 66.2 Å². The molecule has 0 saturated carbocycles. The van der Waals surface area contributed by atoms with Gasteiger partial charge in [-0.1, -0.05) is 30.3 Å². The maximum Gasteiger partial charge on any atom is 0.260 e. The zero-order valence-corrected chi connectivity index (χ0v) is 14.9. The number of methoxy groups -OCH3 is 1. The first-order valence-electron chi connectivity index (χ1n) is 7.63. The Morgan fingerprint density at radius 3 is 2.13 bits per heavy atom. The highest BCUT2D eigenvalue weighted by atomic mass is 28.4. The highest BCUT2D eigenvalue weighted by molar-refractivity contribution is 6.70. The van der Waals surface area contributed by atoms with Gasteiger partial charge in [-0.3, -0.25) is 4.79 Å². The number of ether oxygens (including phenoxy) is 1. The molecule has 1 unspecified atom stereocenters. The molecule has 120 valence electrons. The second-order valence-corrected chi connectivity index (χ2v) is 11.0. The molecule has 1 heterocycles. The summed E-state index contributed by atoms with van der Waals surface area (Å²) >= 11 is 0. The van der Waals surface area contributed by atoms with Crippen LogP contribution in [0.2, 0.25) is 19.6 Å². The van der Waals surface area contributed by atoms with E-state index in [0.717, 1.165) is 5.56 Å². The Kier molecular flexibility index (Phi) is 3.78. The van der Waals surface area contributed by atoms with Crippen LogP contribution in [0, 0.1) is 0 Å². The van der Waals surface area contributed by atoms with Gasteiger partial charge in [0.2, 0.25) is 5.78 Å². The van der Waals surface area contributed by atoms with E-state index < -0.39 is 14.0 Å². The number of rotatable bonds is 5. The van der Waals surface area contributed by atoms with Gasteiger partial charge in [0, 0.05) is 12.4 Å². The van der Waals surface area contributed by atoms with Crippen LogP contribution in [0.15, 0.2) is 60.6 Å². The molecule has 0 N–H and O–H groups in total. The Bertz CT molecular complexity index is 744. The summed E-state index contributed by atoms with van der Waals surface area (Å²) in [6.07, 6.45) is 3.69. The third-order valence-electron chi connectivity index (χ3n) is 3.76. The summed E-state index contributed by atoms with van der Waals surface area (Å²) in [7, 11) is -0.411. The minimum Gasteiger partial charge on any atom is -0.495 e. The van der Waals surface area contributed by atoms with Gasteiger partial charge in [0.05, 0.1) is 12.7 Å². The lowest BCUT2D eigenvalue weighted by Crippen LogP contribution is -2.58. The van der Waals surface area contributed by atoms with Gasteiger partial charge in [0.25, 0.3) is 5.72 Å². The average Bonchev–Trinajstić information content (AvgIpc) is 3.04. The van der Waals surface area contributed by atoms with Crippen LogP contribution >= 0.6 is 0 Å². The average molecular weight is 327 g/mol. The Morgan fingerprint density at radius 1 is 1.00 bits per heavy atom. The van der Waals surface area contributed by atoms with Crippen LogP contribution in [-0.4, -0.2) is 25.8 Å². The fourth-order valence-electron chi connectivity index (χ4n) is 2.96. The van der Waals surface area contributed by atoms with Gasteiger partial charge in [-0.2, -0.15) is 0 Å². The molecule has 1 aliphatic rings. The molecular formula is C18H21NO3Si. The van der Waals surface area contributed by atoms with Gasteiger partial charge in [-0.25, -0.2) is 0 Å². The number of aromatic nitrogens is 1. The molecule has 2 aromatic rings. The topological polar surface area (TPSA) is 40.5 Å². The number of hydrogen-bond acceptors (Lipinski definition) is 3. The third-order valence-corrected chi connectivity index (χ3v) is 4.67. The molecule has 0 saturated heterocycles. The molecule has 0 radical (unpaired) electrons. The Balaban J connectivity index is 2.18. The van der Waals surface area contributed by atoms with E-state index in [1.807, 2.05) is 54.9 Å². The molecule has 1 aromatic heterocycles. The van der Waals surface area contributed by atoms with E-state index in [1.165, 1.54) is 0 Å². The number of ketones is 1. The molecule has 1 aliphatic carbocycles. The van der Waals surface area contributed by atoms with Gasteiger partial charge in [0.1, 0.15) is 0 Å². The van der Waals surface area contributed by atoms with Crippen molar-refractivity contribution in [2.45, 2.75) is 25.4 Å². The molecule has 0 fully saturated rings. The van der Waals surface area contributed by atoms with E-state index in [0.29, 0.717) is 11.3 Å². The van der Waals surface area contributed by atoms with Crippen molar-refractivity contribution in [3.8, 4) is 0 Å². The van der Waals surface area contributed by atoms with E-state index in [-0.39, 0.29) is 5.78 Å². The zero-order valence-electron chi connectivity index (χ0n) is 13.9. The van der Waals surface area contributed by atoms with Crippen molar-refractivity contribution < 1.29 is 14.0 Å². The summed E-state index contributed by atoms with van der Waals surface area (Å²) in [5, 5.41) is 0. The van der Waals surface area contributed by atoms with Crippen molar-refractivity contribution >= 4 is 19.7 Å². The molecular weight excluding hydrogens is 306 g/mol. The Labute approximate surface area is 137 Å². The molecule has 0 amide bonds. The van der Waals surface area contributed by atoms with Gasteiger partial charge in [-0.15, -0.1) is 0 Å². The summed E-state index contributed by atoms with van der Waals surface area (Å²) in [5.74, 6) is 0.520. The lowest BCUT2D eigenvalue weighted by molar-refractivity contribution is -0.143. The quantitative estimate of drug-likeness (QED) is 0.787. The smallest absolute Gasteiger partial charge is 0.260 e. The molecule has 23 heavy (non-hydrogen) atoms. The number of carbonyl (C=O) groups excluding carboxylic acids is 1. The van der Waals surface area contributed by atoms with Crippen molar-refractivity contribution in [3.63, 3.8) is 0 Å². The summed E-state index contributed by atoms with van der Waals surface area (Å²) in [4.78, 5) is 13.2. The maximum absolute atomic E-state index is 13.2. The van der Waals surface area contributed by atoms with Gasteiger partial charge < -0.3 is 13.7 Å². The molecule has 1 aromatic carbocycles. The highest BCUT2D eigenvalue weighted by Gasteiger charge is 2.60. The summed E-state index contributed by atoms with van der Waals surface area (Å²) in [5.41, 5.74) is 0.282. The first kappa shape index (κ1) is 15.8. The van der Waals surface area contributed by atoms with Crippen LogP contribution in [0.25, 0.3) is 5.57 Å². The lowest BCUT2D eigenvalue weighted by atomic mass is 9.80. The summed E-state index contributed by atoms with van der Waals surface area (Å²) in [6, 6.07) is 13.4. The highest BCUT2D eigenvalue weighted by Crippen LogP contribution is 2.48. The van der Waals surface area contributed by atoms with E-state index in [2.05, 4.69) is 19.6 Å². The van der Waals surface area contributed by atoms with E-state index in [4.69, 9.17) is 9.16 Å². The van der Waals surface area contributed by atoms with Crippen molar-refractivity contribution in [1.82, 2.24) is 4.57 Å². The summed E-state index contributed by atoms with van der Waals surface area (Å²) < 4.78 is 13.8. The predicted molar refractivity (Wildman–Crippen MR) is 92.2 cm³/mol. The zero-order chi connectivity index (χ0) is 16.7. The van der Waals surface area contributed by atoms with Crippen LogP contribution in [0.4, 0.5) is 0 Å². The van der Waals surface area contributed by atoms with Crippen LogP contribution in [0.1, 0.15) is 5.56 Å². The fraction of sp³-hybridized carbons (Fsp3) is 0.278.